The number of methoxy groups -OCH3 is 2. The van der Waals surface area contributed by atoms with Crippen molar-refractivity contribution < 1.29 is 19.0 Å². The molecule has 8 nitrogen and oxygen atoms in total. The van der Waals surface area contributed by atoms with Crippen LogP contribution in [0.3, 0.4) is 0 Å². The van der Waals surface area contributed by atoms with Crippen molar-refractivity contribution in [3.63, 3.8) is 0 Å². The summed E-state index contributed by atoms with van der Waals surface area (Å²) >= 11 is 0. The molecule has 144 valence electrons. The normalized spacial score (nSPS) is 16.0. The summed E-state index contributed by atoms with van der Waals surface area (Å²) in [7, 11) is 3.24. The number of carbonyl (C=O) groups excluding carboxylic acids is 1. The Labute approximate surface area is 158 Å². The second kappa shape index (κ2) is 9.18. The molecule has 1 aliphatic heterocycles. The van der Waals surface area contributed by atoms with Crippen LogP contribution in [0.5, 0.6) is 11.5 Å². The highest BCUT2D eigenvalue weighted by Crippen LogP contribution is 2.27. The quantitative estimate of drug-likeness (QED) is 0.734. The van der Waals surface area contributed by atoms with E-state index in [9.17, 15) is 4.79 Å². The predicted molar refractivity (Wildman–Crippen MR) is 101 cm³/mol. The van der Waals surface area contributed by atoms with E-state index in [2.05, 4.69) is 20.8 Å². The highest BCUT2D eigenvalue weighted by molar-refractivity contribution is 5.93. The third-order valence-corrected chi connectivity index (χ3v) is 4.31. The summed E-state index contributed by atoms with van der Waals surface area (Å²) in [6.45, 7) is 1.32. The van der Waals surface area contributed by atoms with Crippen molar-refractivity contribution in [2.75, 3.05) is 38.0 Å². The molecule has 0 saturated carbocycles. The molecular formula is C19H24N4O4. The first-order valence-electron chi connectivity index (χ1n) is 8.90. The molecule has 0 bridgehead atoms. The van der Waals surface area contributed by atoms with Crippen molar-refractivity contribution >= 4 is 17.5 Å². The minimum Gasteiger partial charge on any atom is -0.493 e. The fraction of sp³-hybridized carbons (Fsp3) is 0.421. The third-order valence-electron chi connectivity index (χ3n) is 4.31. The van der Waals surface area contributed by atoms with Gasteiger partial charge in [0.2, 0.25) is 0 Å². The van der Waals surface area contributed by atoms with Gasteiger partial charge in [-0.15, -0.1) is 10.2 Å². The topological polar surface area (TPSA) is 94.6 Å². The summed E-state index contributed by atoms with van der Waals surface area (Å²) in [5, 5.41) is 14.1. The van der Waals surface area contributed by atoms with Gasteiger partial charge in [0.1, 0.15) is 11.9 Å². The Kier molecular flexibility index (Phi) is 6.43. The van der Waals surface area contributed by atoms with Crippen molar-refractivity contribution in [3.05, 3.63) is 35.9 Å². The highest BCUT2D eigenvalue weighted by Gasteiger charge is 2.23. The lowest BCUT2D eigenvalue weighted by atomic mass is 10.1. The first-order valence-corrected chi connectivity index (χ1v) is 8.90. The molecule has 1 atom stereocenters. The summed E-state index contributed by atoms with van der Waals surface area (Å²) < 4.78 is 15.9. The van der Waals surface area contributed by atoms with Crippen LogP contribution >= 0.6 is 0 Å². The molecule has 2 heterocycles. The van der Waals surface area contributed by atoms with Crippen LogP contribution < -0.4 is 20.1 Å². The summed E-state index contributed by atoms with van der Waals surface area (Å²) in [4.78, 5) is 12.0. The number of aromatic nitrogens is 2. The van der Waals surface area contributed by atoms with Gasteiger partial charge in [0.15, 0.2) is 17.3 Å². The third kappa shape index (κ3) is 5.07. The average Bonchev–Trinajstić information content (AvgIpc) is 3.24. The van der Waals surface area contributed by atoms with E-state index in [1.165, 1.54) is 0 Å². The van der Waals surface area contributed by atoms with Crippen LogP contribution in [0, 0.1) is 0 Å². The van der Waals surface area contributed by atoms with E-state index in [1.54, 1.807) is 26.4 Å². The van der Waals surface area contributed by atoms with Gasteiger partial charge in [0.05, 0.1) is 14.2 Å². The molecule has 3 rings (SSSR count). The summed E-state index contributed by atoms with van der Waals surface area (Å²) in [5.41, 5.74) is 1.12. The maximum Gasteiger partial charge on any atom is 0.254 e. The molecule has 1 saturated heterocycles. The molecule has 27 heavy (non-hydrogen) atoms. The fourth-order valence-electron chi connectivity index (χ4n) is 2.86. The Balaban J connectivity index is 1.48. The first-order chi connectivity index (χ1) is 13.2. The molecule has 2 aromatic rings. The summed E-state index contributed by atoms with van der Waals surface area (Å²) in [6.07, 6.45) is 2.06. The number of carbonyl (C=O) groups is 1. The van der Waals surface area contributed by atoms with Crippen molar-refractivity contribution in [2.45, 2.75) is 25.4 Å². The summed E-state index contributed by atoms with van der Waals surface area (Å²) in [6, 6.07) is 9.35. The number of hydrogen-bond acceptors (Lipinski definition) is 7. The van der Waals surface area contributed by atoms with E-state index >= 15 is 0 Å². The molecule has 0 spiro atoms. The Bertz CT molecular complexity index is 761. The Morgan fingerprint density at radius 3 is 2.59 bits per heavy atom. The molecule has 1 fully saturated rings. The monoisotopic (exact) mass is 372 g/mol. The van der Waals surface area contributed by atoms with Gasteiger partial charge in [-0.1, -0.05) is 6.07 Å². The number of hydrogen-bond donors (Lipinski definition) is 2. The van der Waals surface area contributed by atoms with Gasteiger partial charge in [0.25, 0.3) is 5.91 Å². The lowest BCUT2D eigenvalue weighted by molar-refractivity contribution is -0.124. The second-order valence-corrected chi connectivity index (χ2v) is 6.16. The van der Waals surface area contributed by atoms with Gasteiger partial charge in [-0.05, 0) is 49.1 Å². The van der Waals surface area contributed by atoms with E-state index in [-0.39, 0.29) is 12.0 Å². The minimum absolute atomic E-state index is 0.170. The zero-order valence-electron chi connectivity index (χ0n) is 15.5. The molecule has 0 aliphatic carbocycles. The van der Waals surface area contributed by atoms with Crippen LogP contribution in [-0.4, -0.2) is 49.6 Å². The predicted octanol–water partition coefficient (Wildman–Crippen LogP) is 2.27. The number of benzene rings is 1. The Hall–Kier alpha value is -2.87. The molecule has 1 aromatic carbocycles. The fourth-order valence-corrected chi connectivity index (χ4v) is 2.86. The SMILES string of the molecule is COc1ccc(CCNc2ccc(NC(=O)C3CCCO3)nn2)cc1OC. The number of ether oxygens (including phenoxy) is 3. The largest absolute Gasteiger partial charge is 0.493 e. The van der Waals surface area contributed by atoms with E-state index in [1.807, 2.05) is 18.2 Å². The number of rotatable bonds is 8. The second-order valence-electron chi connectivity index (χ2n) is 6.16. The van der Waals surface area contributed by atoms with Crippen molar-refractivity contribution in [2.24, 2.45) is 0 Å². The van der Waals surface area contributed by atoms with Crippen molar-refractivity contribution in [3.8, 4) is 11.5 Å². The van der Waals surface area contributed by atoms with E-state index in [0.29, 0.717) is 36.3 Å². The van der Waals surface area contributed by atoms with Gasteiger partial charge < -0.3 is 24.8 Å². The number of nitrogens with zero attached hydrogens (tertiary/aromatic N) is 2. The van der Waals surface area contributed by atoms with Crippen LogP contribution in [0.2, 0.25) is 0 Å². The number of anilines is 2. The average molecular weight is 372 g/mol. The molecule has 1 aromatic heterocycles. The molecular weight excluding hydrogens is 348 g/mol. The lowest BCUT2D eigenvalue weighted by Gasteiger charge is -2.11. The van der Waals surface area contributed by atoms with E-state index in [4.69, 9.17) is 14.2 Å². The number of amides is 1. The zero-order valence-corrected chi connectivity index (χ0v) is 15.5. The van der Waals surface area contributed by atoms with Crippen LogP contribution in [0.4, 0.5) is 11.6 Å². The molecule has 1 aliphatic rings. The standard InChI is InChI=1S/C19H24N4O4/c1-25-14-6-5-13(12-16(14)26-2)9-10-20-17-7-8-18(23-22-17)21-19(24)15-4-3-11-27-15/h5-8,12,15H,3-4,9-11H2,1-2H3,(H,20,22)(H,21,23,24). The molecule has 2 N–H and O–H groups in total. The Morgan fingerprint density at radius 1 is 1.15 bits per heavy atom. The smallest absolute Gasteiger partial charge is 0.254 e. The maximum atomic E-state index is 12.0. The minimum atomic E-state index is -0.383. The maximum absolute atomic E-state index is 12.0. The van der Waals surface area contributed by atoms with Crippen LogP contribution in [0.15, 0.2) is 30.3 Å². The van der Waals surface area contributed by atoms with Gasteiger partial charge >= 0.3 is 0 Å². The zero-order chi connectivity index (χ0) is 19.1. The lowest BCUT2D eigenvalue weighted by Crippen LogP contribution is -2.27. The molecule has 8 heteroatoms. The van der Waals surface area contributed by atoms with Gasteiger partial charge in [-0.25, -0.2) is 0 Å². The van der Waals surface area contributed by atoms with Crippen LogP contribution in [0.25, 0.3) is 0 Å². The van der Waals surface area contributed by atoms with Gasteiger partial charge in [0, 0.05) is 13.2 Å². The molecule has 0 radical (unpaired) electrons. The van der Waals surface area contributed by atoms with Crippen molar-refractivity contribution in [1.29, 1.82) is 0 Å². The Morgan fingerprint density at radius 2 is 1.93 bits per heavy atom. The molecule has 1 amide bonds. The van der Waals surface area contributed by atoms with E-state index < -0.39 is 0 Å². The molecule has 1 unspecified atom stereocenters. The summed E-state index contributed by atoms with van der Waals surface area (Å²) in [5.74, 6) is 2.31. The van der Waals surface area contributed by atoms with Gasteiger partial charge in [-0.3, -0.25) is 4.79 Å². The highest BCUT2D eigenvalue weighted by atomic mass is 16.5. The van der Waals surface area contributed by atoms with Crippen LogP contribution in [-0.2, 0) is 16.0 Å². The van der Waals surface area contributed by atoms with Crippen LogP contribution in [0.1, 0.15) is 18.4 Å². The number of nitrogens with one attached hydrogen (secondary N) is 2. The first kappa shape index (κ1) is 18.9. The van der Waals surface area contributed by atoms with Gasteiger partial charge in [-0.2, -0.15) is 0 Å². The van der Waals surface area contributed by atoms with Crippen molar-refractivity contribution in [1.82, 2.24) is 10.2 Å². The van der Waals surface area contributed by atoms with E-state index in [0.717, 1.165) is 24.8 Å².